The normalized spacial score (nSPS) is 19.1. The van der Waals surface area contributed by atoms with Gasteiger partial charge in [-0.25, -0.2) is 4.68 Å². The van der Waals surface area contributed by atoms with Gasteiger partial charge in [-0.15, -0.1) is 0 Å². The lowest BCUT2D eigenvalue weighted by atomic mass is 9.97. The van der Waals surface area contributed by atoms with Crippen molar-refractivity contribution in [3.05, 3.63) is 40.5 Å². The molecule has 1 aliphatic heterocycles. The molecule has 3 rings (SSSR count). The summed E-state index contributed by atoms with van der Waals surface area (Å²) in [6.45, 7) is 3.47. The van der Waals surface area contributed by atoms with Gasteiger partial charge in [0, 0.05) is 12.5 Å². The average Bonchev–Trinajstić information content (AvgIpc) is 2.96. The van der Waals surface area contributed by atoms with Crippen molar-refractivity contribution in [1.82, 2.24) is 15.1 Å². The second-order valence-corrected chi connectivity index (χ2v) is 7.23. The Morgan fingerprint density at radius 1 is 1.36 bits per heavy atom. The van der Waals surface area contributed by atoms with Gasteiger partial charge in [0.15, 0.2) is 11.7 Å². The van der Waals surface area contributed by atoms with Crippen molar-refractivity contribution in [3.63, 3.8) is 0 Å². The smallest absolute Gasteiger partial charge is 0.410 e. The Morgan fingerprint density at radius 3 is 2.54 bits per heavy atom. The van der Waals surface area contributed by atoms with Gasteiger partial charge in [0.2, 0.25) is 0 Å². The number of hydrogen-bond acceptors (Lipinski definition) is 4. The van der Waals surface area contributed by atoms with Gasteiger partial charge in [0.25, 0.3) is 5.91 Å². The predicted molar refractivity (Wildman–Crippen MR) is 98.9 cm³/mol. The molecule has 0 unspecified atom stereocenters. The summed E-state index contributed by atoms with van der Waals surface area (Å²) in [6.07, 6.45) is -4.84. The summed E-state index contributed by atoms with van der Waals surface area (Å²) in [5, 5.41) is 9.34. The Hall–Kier alpha value is -2.42. The Labute approximate surface area is 165 Å². The molecule has 1 aromatic carbocycles. The molecule has 0 spiro atoms. The number of nitrogens with one attached hydrogen (secondary N) is 2. The first-order chi connectivity index (χ1) is 13.1. The molecule has 1 aliphatic rings. The highest BCUT2D eigenvalue weighted by molar-refractivity contribution is 6.36. The Balaban J connectivity index is 2.01. The van der Waals surface area contributed by atoms with Crippen molar-refractivity contribution < 1.29 is 22.7 Å². The molecule has 0 aliphatic carbocycles. The maximum atomic E-state index is 13.7. The first-order valence-electron chi connectivity index (χ1n) is 8.68. The van der Waals surface area contributed by atoms with Gasteiger partial charge in [-0.2, -0.15) is 18.3 Å². The van der Waals surface area contributed by atoms with E-state index in [2.05, 4.69) is 15.7 Å². The molecule has 0 saturated carbocycles. The van der Waals surface area contributed by atoms with E-state index in [9.17, 15) is 18.0 Å². The molecule has 0 bridgehead atoms. The number of alkyl halides is 3. The minimum Gasteiger partial charge on any atom is -0.497 e. The van der Waals surface area contributed by atoms with Crippen LogP contribution in [-0.4, -0.2) is 35.0 Å². The number of hydrogen-bond donors (Lipinski definition) is 2. The number of halogens is 4. The van der Waals surface area contributed by atoms with E-state index in [1.165, 1.54) is 7.11 Å². The zero-order valence-corrected chi connectivity index (χ0v) is 16.2. The number of carbonyl (C=O) groups is 1. The highest BCUT2D eigenvalue weighted by Gasteiger charge is 2.47. The summed E-state index contributed by atoms with van der Waals surface area (Å²) < 4.78 is 47.0. The predicted octanol–water partition coefficient (Wildman–Crippen LogP) is 4.34. The molecule has 2 heterocycles. The van der Waals surface area contributed by atoms with Gasteiger partial charge in [0.05, 0.1) is 13.2 Å². The quantitative estimate of drug-likeness (QED) is 0.777. The van der Waals surface area contributed by atoms with Crippen molar-refractivity contribution in [2.45, 2.75) is 44.6 Å². The van der Waals surface area contributed by atoms with Crippen LogP contribution in [0.3, 0.4) is 0 Å². The monoisotopic (exact) mass is 416 g/mol. The van der Waals surface area contributed by atoms with Gasteiger partial charge >= 0.3 is 6.18 Å². The third kappa shape index (κ3) is 3.89. The Morgan fingerprint density at radius 2 is 2.00 bits per heavy atom. The fourth-order valence-electron chi connectivity index (χ4n) is 3.12. The lowest BCUT2D eigenvalue weighted by Crippen LogP contribution is -2.36. The number of rotatable bonds is 4. The number of amides is 1. The van der Waals surface area contributed by atoms with Crippen LogP contribution < -0.4 is 15.4 Å². The Bertz CT molecular complexity index is 865. The topological polar surface area (TPSA) is 68.2 Å². The van der Waals surface area contributed by atoms with E-state index in [0.717, 1.165) is 4.68 Å². The molecule has 2 atom stereocenters. The van der Waals surface area contributed by atoms with Gasteiger partial charge in [-0.3, -0.25) is 4.79 Å². The number of fused-ring (bicyclic) bond motifs is 1. The largest absolute Gasteiger partial charge is 0.497 e. The van der Waals surface area contributed by atoms with E-state index in [1.54, 1.807) is 38.1 Å². The van der Waals surface area contributed by atoms with Crippen LogP contribution in [-0.2, 0) is 0 Å². The van der Waals surface area contributed by atoms with Crippen LogP contribution in [0.15, 0.2) is 24.3 Å². The van der Waals surface area contributed by atoms with Crippen molar-refractivity contribution in [2.24, 2.45) is 0 Å². The molecule has 152 valence electrons. The van der Waals surface area contributed by atoms with Crippen LogP contribution in [0.1, 0.15) is 48.4 Å². The van der Waals surface area contributed by atoms with Crippen LogP contribution in [0, 0.1) is 0 Å². The Kier molecular flexibility index (Phi) is 5.47. The number of nitrogens with zero attached hydrogens (tertiary/aromatic N) is 2. The molecule has 0 radical (unpaired) electrons. The van der Waals surface area contributed by atoms with E-state index in [4.69, 9.17) is 16.3 Å². The molecule has 1 aromatic heterocycles. The van der Waals surface area contributed by atoms with E-state index in [1.807, 2.05) is 0 Å². The summed E-state index contributed by atoms with van der Waals surface area (Å²) in [7, 11) is 1.51. The molecule has 0 saturated heterocycles. The molecule has 6 nitrogen and oxygen atoms in total. The molecule has 1 amide bonds. The number of anilines is 1. The van der Waals surface area contributed by atoms with Crippen molar-refractivity contribution >= 4 is 23.3 Å². The lowest BCUT2D eigenvalue weighted by Gasteiger charge is -2.33. The summed E-state index contributed by atoms with van der Waals surface area (Å²) >= 11 is 6.24. The second-order valence-electron chi connectivity index (χ2n) is 6.85. The highest BCUT2D eigenvalue weighted by atomic mass is 35.5. The zero-order valence-electron chi connectivity index (χ0n) is 15.5. The average molecular weight is 417 g/mol. The van der Waals surface area contributed by atoms with E-state index < -0.39 is 24.2 Å². The minimum atomic E-state index is -4.55. The van der Waals surface area contributed by atoms with Crippen LogP contribution in [0.5, 0.6) is 5.75 Å². The summed E-state index contributed by atoms with van der Waals surface area (Å²) in [4.78, 5) is 12.3. The SMILES string of the molecule is COc1ccc([C@@H]2C[C@H](C(F)(F)F)n3nc(C(=O)NC(C)C)c(Cl)c3N2)cc1. The van der Waals surface area contributed by atoms with Crippen LogP contribution >= 0.6 is 11.6 Å². The van der Waals surface area contributed by atoms with Crippen molar-refractivity contribution in [3.8, 4) is 5.75 Å². The molecular weight excluding hydrogens is 397 g/mol. The summed E-state index contributed by atoms with van der Waals surface area (Å²) in [5.41, 5.74) is 0.411. The molecule has 28 heavy (non-hydrogen) atoms. The maximum Gasteiger partial charge on any atom is 0.410 e. The van der Waals surface area contributed by atoms with Crippen LogP contribution in [0.25, 0.3) is 0 Å². The first kappa shape index (κ1) is 20.3. The fraction of sp³-hybridized carbons (Fsp3) is 0.444. The summed E-state index contributed by atoms with van der Waals surface area (Å²) in [6, 6.07) is 3.96. The number of ether oxygens (including phenoxy) is 1. The fourth-order valence-corrected chi connectivity index (χ4v) is 3.38. The van der Waals surface area contributed by atoms with E-state index in [0.29, 0.717) is 11.3 Å². The van der Waals surface area contributed by atoms with Gasteiger partial charge in [0.1, 0.15) is 16.6 Å². The third-order valence-corrected chi connectivity index (χ3v) is 4.81. The number of aromatic nitrogens is 2. The standard InChI is InChI=1S/C18H20ClF3N4O2/c1-9(2)23-17(27)15-14(19)16-24-12(10-4-6-11(28-3)7-5-10)8-13(18(20,21)22)26(16)25-15/h4-7,9,12-13,24H,8H2,1-3H3,(H,23,27)/t12-,13+/m0/s1. The molecule has 2 aromatic rings. The molecule has 2 N–H and O–H groups in total. The van der Waals surface area contributed by atoms with E-state index >= 15 is 0 Å². The number of methoxy groups -OCH3 is 1. The molecule has 0 fully saturated rings. The lowest BCUT2D eigenvalue weighted by molar-refractivity contribution is -0.173. The summed E-state index contributed by atoms with van der Waals surface area (Å²) in [5.74, 6) is -0.0433. The molecular formula is C18H20ClF3N4O2. The third-order valence-electron chi connectivity index (χ3n) is 4.45. The maximum absolute atomic E-state index is 13.7. The van der Waals surface area contributed by atoms with Gasteiger partial charge in [-0.05, 0) is 31.5 Å². The number of benzene rings is 1. The van der Waals surface area contributed by atoms with Crippen molar-refractivity contribution in [2.75, 3.05) is 12.4 Å². The number of carbonyl (C=O) groups excluding carboxylic acids is 1. The zero-order chi connectivity index (χ0) is 20.6. The van der Waals surface area contributed by atoms with Crippen LogP contribution in [0.2, 0.25) is 5.02 Å². The van der Waals surface area contributed by atoms with Crippen LogP contribution in [0.4, 0.5) is 19.0 Å². The minimum absolute atomic E-state index is 0.0232. The second kappa shape index (κ2) is 7.54. The first-order valence-corrected chi connectivity index (χ1v) is 9.05. The van der Waals surface area contributed by atoms with E-state index in [-0.39, 0.29) is 29.0 Å². The van der Waals surface area contributed by atoms with Crippen molar-refractivity contribution in [1.29, 1.82) is 0 Å². The van der Waals surface area contributed by atoms with Gasteiger partial charge in [-0.1, -0.05) is 23.7 Å². The molecule has 10 heteroatoms. The highest BCUT2D eigenvalue weighted by Crippen LogP contribution is 2.46. The van der Waals surface area contributed by atoms with Gasteiger partial charge < -0.3 is 15.4 Å².